The number of hydrogen-bond acceptors (Lipinski definition) is 4. The Kier molecular flexibility index (Phi) is 5.55. The van der Waals surface area contributed by atoms with Crippen LogP contribution in [0.3, 0.4) is 0 Å². The van der Waals surface area contributed by atoms with Gasteiger partial charge in [-0.3, -0.25) is 9.59 Å². The summed E-state index contributed by atoms with van der Waals surface area (Å²) in [4.78, 5) is 26.6. The van der Waals surface area contributed by atoms with Gasteiger partial charge in [-0.25, -0.2) is 17.7 Å². The number of hydrogen-bond donors (Lipinski definition) is 0. The number of imide groups is 1. The molecule has 1 unspecified atom stereocenters. The SMILES string of the molecule is CC(C)(C)N(C1CC(=O)N(c2ccc(Cl)cc2)C1=O)S(=O)(=O)c1ccc(F)cc1. The van der Waals surface area contributed by atoms with E-state index in [0.29, 0.717) is 10.7 Å². The first-order valence-electron chi connectivity index (χ1n) is 8.85. The molecule has 1 heterocycles. The zero-order valence-corrected chi connectivity index (χ0v) is 17.7. The monoisotopic (exact) mass is 438 g/mol. The van der Waals surface area contributed by atoms with Gasteiger partial charge in [-0.15, -0.1) is 0 Å². The molecule has 0 bridgehead atoms. The van der Waals surface area contributed by atoms with E-state index in [-0.39, 0.29) is 11.3 Å². The summed E-state index contributed by atoms with van der Waals surface area (Å²) in [6.07, 6.45) is -0.293. The van der Waals surface area contributed by atoms with Crippen molar-refractivity contribution in [3.05, 3.63) is 59.4 Å². The third-order valence-electron chi connectivity index (χ3n) is 4.52. The van der Waals surface area contributed by atoms with Gasteiger partial charge >= 0.3 is 0 Å². The number of carbonyl (C=O) groups is 2. The fraction of sp³-hybridized carbons (Fsp3) is 0.300. The molecule has 1 atom stereocenters. The Balaban J connectivity index is 2.04. The lowest BCUT2D eigenvalue weighted by Crippen LogP contribution is -2.54. The third-order valence-corrected chi connectivity index (χ3v) is 6.96. The van der Waals surface area contributed by atoms with Crippen LogP contribution in [0.25, 0.3) is 0 Å². The van der Waals surface area contributed by atoms with E-state index in [1.165, 1.54) is 12.1 Å². The predicted molar refractivity (Wildman–Crippen MR) is 108 cm³/mol. The van der Waals surface area contributed by atoms with Crippen molar-refractivity contribution in [1.82, 2.24) is 4.31 Å². The van der Waals surface area contributed by atoms with E-state index < -0.39 is 39.2 Å². The van der Waals surface area contributed by atoms with Gasteiger partial charge in [-0.1, -0.05) is 11.6 Å². The minimum atomic E-state index is -4.18. The number of halogens is 2. The second kappa shape index (κ2) is 7.51. The predicted octanol–water partition coefficient (Wildman–Crippen LogP) is 3.60. The van der Waals surface area contributed by atoms with Crippen LogP contribution in [-0.2, 0) is 19.6 Å². The van der Waals surface area contributed by atoms with Crippen LogP contribution in [-0.4, -0.2) is 36.1 Å². The van der Waals surface area contributed by atoms with Crippen LogP contribution >= 0.6 is 11.6 Å². The van der Waals surface area contributed by atoms with E-state index in [1.54, 1.807) is 32.9 Å². The quantitative estimate of drug-likeness (QED) is 0.683. The van der Waals surface area contributed by atoms with E-state index >= 15 is 0 Å². The van der Waals surface area contributed by atoms with Gasteiger partial charge in [0.1, 0.15) is 11.9 Å². The summed E-state index contributed by atoms with van der Waals surface area (Å²) in [5, 5.41) is 0.444. The zero-order valence-electron chi connectivity index (χ0n) is 16.1. The molecule has 1 aliphatic heterocycles. The van der Waals surface area contributed by atoms with Crippen molar-refractivity contribution in [2.75, 3.05) is 4.90 Å². The molecule has 2 aromatic rings. The average Bonchev–Trinajstić information content (AvgIpc) is 2.89. The largest absolute Gasteiger partial charge is 0.274 e. The summed E-state index contributed by atoms with van der Waals surface area (Å²) in [5.74, 6) is -1.73. The molecule has 1 saturated heterocycles. The Morgan fingerprint density at radius 1 is 1.03 bits per heavy atom. The molecule has 0 aliphatic carbocycles. The van der Waals surface area contributed by atoms with Crippen LogP contribution in [0.4, 0.5) is 10.1 Å². The van der Waals surface area contributed by atoms with Crippen molar-refractivity contribution in [1.29, 1.82) is 0 Å². The highest BCUT2D eigenvalue weighted by molar-refractivity contribution is 7.89. The van der Waals surface area contributed by atoms with Crippen molar-refractivity contribution in [3.63, 3.8) is 0 Å². The molecule has 0 saturated carbocycles. The second-order valence-electron chi connectivity index (χ2n) is 7.69. The lowest BCUT2D eigenvalue weighted by molar-refractivity contribution is -0.122. The molecule has 29 heavy (non-hydrogen) atoms. The van der Waals surface area contributed by atoms with Gasteiger partial charge in [-0.05, 0) is 69.3 Å². The van der Waals surface area contributed by atoms with Crippen LogP contribution in [0.2, 0.25) is 5.02 Å². The van der Waals surface area contributed by atoms with Crippen LogP contribution in [0.5, 0.6) is 0 Å². The highest BCUT2D eigenvalue weighted by Crippen LogP contribution is 2.34. The standard InChI is InChI=1S/C20H20ClFN2O4S/c1-20(2,3)24(29(27,28)16-10-6-14(22)7-11-16)17-12-18(25)23(19(17)26)15-8-4-13(21)5-9-15/h4-11,17H,12H2,1-3H3. The fourth-order valence-electron chi connectivity index (χ4n) is 3.38. The summed E-state index contributed by atoms with van der Waals surface area (Å²) in [5.41, 5.74) is -0.691. The van der Waals surface area contributed by atoms with Gasteiger partial charge in [-0.2, -0.15) is 4.31 Å². The summed E-state index contributed by atoms with van der Waals surface area (Å²) in [6.45, 7) is 4.91. The van der Waals surface area contributed by atoms with Gasteiger partial charge in [0.15, 0.2) is 0 Å². The number of amides is 2. The van der Waals surface area contributed by atoms with Gasteiger partial charge in [0.2, 0.25) is 15.9 Å². The maximum Gasteiger partial charge on any atom is 0.252 e. The van der Waals surface area contributed by atoms with E-state index in [9.17, 15) is 22.4 Å². The molecule has 2 aromatic carbocycles. The molecule has 3 rings (SSSR count). The molecule has 2 amide bonds. The van der Waals surface area contributed by atoms with Gasteiger partial charge in [0.25, 0.3) is 5.91 Å². The lowest BCUT2D eigenvalue weighted by Gasteiger charge is -2.37. The van der Waals surface area contributed by atoms with Crippen molar-refractivity contribution < 1.29 is 22.4 Å². The minimum absolute atomic E-state index is 0.154. The molecule has 0 aromatic heterocycles. The van der Waals surface area contributed by atoms with Crippen LogP contribution in [0.15, 0.2) is 53.4 Å². The van der Waals surface area contributed by atoms with Gasteiger partial charge in [0.05, 0.1) is 17.0 Å². The third kappa shape index (κ3) is 4.05. The van der Waals surface area contributed by atoms with Gasteiger partial charge < -0.3 is 0 Å². The number of sulfonamides is 1. The Bertz CT molecular complexity index is 1050. The Labute approximate surface area is 173 Å². The van der Waals surface area contributed by atoms with Crippen molar-refractivity contribution in [2.45, 2.75) is 43.7 Å². The number of benzene rings is 2. The highest BCUT2D eigenvalue weighted by Gasteiger charge is 2.50. The first kappa shape index (κ1) is 21.4. The van der Waals surface area contributed by atoms with E-state index in [2.05, 4.69) is 0 Å². The number of carbonyl (C=O) groups excluding carboxylic acids is 2. The summed E-state index contributed by atoms with van der Waals surface area (Å²) in [7, 11) is -4.18. The van der Waals surface area contributed by atoms with Crippen LogP contribution < -0.4 is 4.90 Å². The number of rotatable bonds is 4. The molecule has 1 aliphatic rings. The molecule has 9 heteroatoms. The molecule has 0 spiro atoms. The molecular formula is C20H20ClFN2O4S. The van der Waals surface area contributed by atoms with E-state index in [0.717, 1.165) is 33.5 Å². The first-order valence-corrected chi connectivity index (χ1v) is 10.7. The van der Waals surface area contributed by atoms with Crippen LogP contribution in [0.1, 0.15) is 27.2 Å². The fourth-order valence-corrected chi connectivity index (χ4v) is 5.43. The van der Waals surface area contributed by atoms with E-state index in [1.807, 2.05) is 0 Å². The number of anilines is 1. The average molecular weight is 439 g/mol. The number of nitrogens with zero attached hydrogens (tertiary/aromatic N) is 2. The smallest absolute Gasteiger partial charge is 0.252 e. The van der Waals surface area contributed by atoms with E-state index in [4.69, 9.17) is 11.6 Å². The van der Waals surface area contributed by atoms with Crippen LogP contribution in [0, 0.1) is 5.82 Å². The first-order chi connectivity index (χ1) is 13.4. The molecule has 6 nitrogen and oxygen atoms in total. The van der Waals surface area contributed by atoms with Crippen molar-refractivity contribution >= 4 is 39.1 Å². The second-order valence-corrected chi connectivity index (χ2v) is 9.94. The lowest BCUT2D eigenvalue weighted by atomic mass is 10.1. The van der Waals surface area contributed by atoms with Crippen molar-refractivity contribution in [3.8, 4) is 0 Å². The maximum absolute atomic E-state index is 13.3. The molecule has 0 radical (unpaired) electrons. The molecule has 154 valence electrons. The summed E-state index contributed by atoms with van der Waals surface area (Å²) in [6, 6.07) is 9.28. The normalized spacial score (nSPS) is 18.0. The summed E-state index contributed by atoms with van der Waals surface area (Å²) < 4.78 is 40.9. The molecule has 1 fully saturated rings. The highest BCUT2D eigenvalue weighted by atomic mass is 35.5. The Morgan fingerprint density at radius 3 is 2.10 bits per heavy atom. The van der Waals surface area contributed by atoms with Gasteiger partial charge in [0, 0.05) is 10.6 Å². The molecular weight excluding hydrogens is 419 g/mol. The van der Waals surface area contributed by atoms with Crippen molar-refractivity contribution in [2.24, 2.45) is 0 Å². The zero-order chi connectivity index (χ0) is 21.6. The maximum atomic E-state index is 13.3. The summed E-state index contributed by atoms with van der Waals surface area (Å²) >= 11 is 5.87. The molecule has 0 N–H and O–H groups in total. The minimum Gasteiger partial charge on any atom is -0.274 e. The Hall–Kier alpha value is -2.29. The Morgan fingerprint density at radius 2 is 1.59 bits per heavy atom. The topological polar surface area (TPSA) is 74.8 Å².